The summed E-state index contributed by atoms with van der Waals surface area (Å²) in [5.41, 5.74) is 1.38. The van der Waals surface area contributed by atoms with E-state index in [1.165, 1.54) is 4.57 Å². The first-order valence-corrected chi connectivity index (χ1v) is 8.17. The van der Waals surface area contributed by atoms with E-state index >= 15 is 0 Å². The minimum Gasteiger partial charge on any atom is -0.497 e. The van der Waals surface area contributed by atoms with E-state index in [9.17, 15) is 9.59 Å². The van der Waals surface area contributed by atoms with Crippen molar-refractivity contribution < 1.29 is 14.3 Å². The number of imidazole rings is 1. The van der Waals surface area contributed by atoms with Crippen LogP contribution in [0.15, 0.2) is 29.1 Å². The van der Waals surface area contributed by atoms with Crippen molar-refractivity contribution in [3.63, 3.8) is 0 Å². The maximum Gasteiger partial charge on any atom is 0.329 e. The Balaban J connectivity index is 2.57. The van der Waals surface area contributed by atoms with E-state index in [0.717, 1.165) is 0 Å². The van der Waals surface area contributed by atoms with Gasteiger partial charge in [-0.15, -0.1) is 0 Å². The Morgan fingerprint density at radius 2 is 1.67 bits per heavy atom. The zero-order chi connectivity index (χ0) is 17.7. The quantitative estimate of drug-likeness (QED) is 0.697. The number of carbonyl (C=O) groups is 1. The molecule has 1 aromatic heterocycles. The first kappa shape index (κ1) is 18.0. The molecule has 24 heavy (non-hydrogen) atoms. The second-order valence-electron chi connectivity index (χ2n) is 5.26. The van der Waals surface area contributed by atoms with Crippen molar-refractivity contribution in [1.29, 1.82) is 0 Å². The van der Waals surface area contributed by atoms with Gasteiger partial charge in [0.1, 0.15) is 11.4 Å². The van der Waals surface area contributed by atoms with Gasteiger partial charge in [-0.1, -0.05) is 0 Å². The van der Waals surface area contributed by atoms with Gasteiger partial charge in [0.25, 0.3) is 0 Å². The molecule has 1 heterocycles. The molecule has 0 saturated carbocycles. The van der Waals surface area contributed by atoms with E-state index in [1.807, 2.05) is 20.8 Å². The van der Waals surface area contributed by atoms with Crippen LogP contribution in [0.1, 0.15) is 42.5 Å². The van der Waals surface area contributed by atoms with Gasteiger partial charge in [-0.25, -0.2) is 4.79 Å². The number of ketones is 1. The molecule has 0 radical (unpaired) electrons. The minimum atomic E-state index is -0.182. The second kappa shape index (κ2) is 7.97. The topological polar surface area (TPSA) is 62.5 Å². The van der Waals surface area contributed by atoms with Gasteiger partial charge in [0.15, 0.2) is 0 Å². The lowest BCUT2D eigenvalue weighted by Crippen LogP contribution is -2.25. The number of hydrogen-bond donors (Lipinski definition) is 0. The number of methoxy groups -OCH3 is 1. The van der Waals surface area contributed by atoms with E-state index in [0.29, 0.717) is 42.4 Å². The Bertz CT molecular complexity index is 757. The number of rotatable bonds is 8. The second-order valence-corrected chi connectivity index (χ2v) is 5.26. The highest BCUT2D eigenvalue weighted by Crippen LogP contribution is 2.18. The van der Waals surface area contributed by atoms with Gasteiger partial charge < -0.3 is 9.47 Å². The van der Waals surface area contributed by atoms with Crippen LogP contribution in [-0.2, 0) is 24.4 Å². The number of carbonyl (C=O) groups excluding carboxylic acids is 1. The molecule has 0 aliphatic carbocycles. The van der Waals surface area contributed by atoms with E-state index in [1.54, 1.807) is 35.9 Å². The molecule has 0 amide bonds. The molecule has 1 aromatic carbocycles. The van der Waals surface area contributed by atoms with Crippen LogP contribution in [0.5, 0.6) is 5.75 Å². The molecule has 6 nitrogen and oxygen atoms in total. The van der Waals surface area contributed by atoms with E-state index < -0.39 is 0 Å². The maximum atomic E-state index is 13.0. The largest absolute Gasteiger partial charge is 0.497 e. The normalized spacial score (nSPS) is 10.8. The Kier molecular flexibility index (Phi) is 5.98. The first-order chi connectivity index (χ1) is 11.6. The van der Waals surface area contributed by atoms with Crippen LogP contribution in [-0.4, -0.2) is 28.6 Å². The van der Waals surface area contributed by atoms with Crippen LogP contribution in [0, 0.1) is 0 Å². The number of nitrogens with zero attached hydrogens (tertiary/aromatic N) is 2. The SMILES string of the molecule is CCOCc1c(C(=O)c2ccc(OC)cc2)n(CC)c(=O)n1CC. The van der Waals surface area contributed by atoms with Crippen LogP contribution in [0.3, 0.4) is 0 Å². The van der Waals surface area contributed by atoms with Crippen LogP contribution < -0.4 is 10.4 Å². The first-order valence-electron chi connectivity index (χ1n) is 8.17. The van der Waals surface area contributed by atoms with Gasteiger partial charge in [0, 0.05) is 25.3 Å². The van der Waals surface area contributed by atoms with Crippen molar-refractivity contribution in [3.8, 4) is 5.75 Å². The molecule has 130 valence electrons. The van der Waals surface area contributed by atoms with Crippen molar-refractivity contribution in [2.75, 3.05) is 13.7 Å². The number of ether oxygens (including phenoxy) is 2. The molecular weight excluding hydrogens is 308 g/mol. The highest BCUT2D eigenvalue weighted by molar-refractivity contribution is 6.08. The number of aromatic nitrogens is 2. The van der Waals surface area contributed by atoms with Gasteiger partial charge in [0.2, 0.25) is 5.78 Å². The summed E-state index contributed by atoms with van der Waals surface area (Å²) in [5, 5.41) is 0. The molecule has 0 fully saturated rings. The molecule has 0 bridgehead atoms. The van der Waals surface area contributed by atoms with Crippen LogP contribution in [0.4, 0.5) is 0 Å². The lowest BCUT2D eigenvalue weighted by atomic mass is 10.1. The van der Waals surface area contributed by atoms with Gasteiger partial charge in [-0.3, -0.25) is 13.9 Å². The van der Waals surface area contributed by atoms with Gasteiger partial charge in [-0.2, -0.15) is 0 Å². The molecule has 0 N–H and O–H groups in total. The van der Waals surface area contributed by atoms with Gasteiger partial charge >= 0.3 is 5.69 Å². The van der Waals surface area contributed by atoms with E-state index in [2.05, 4.69) is 0 Å². The summed E-state index contributed by atoms with van der Waals surface area (Å²) in [6, 6.07) is 6.89. The summed E-state index contributed by atoms with van der Waals surface area (Å²) in [5.74, 6) is 0.499. The van der Waals surface area contributed by atoms with Gasteiger partial charge in [-0.05, 0) is 45.0 Å². The molecule has 0 aliphatic heterocycles. The predicted octanol–water partition coefficient (Wildman–Crippen LogP) is 2.47. The standard InChI is InChI=1S/C18H24N2O4/c1-5-19-15(12-24-7-3)16(20(6-2)18(19)22)17(21)13-8-10-14(23-4)11-9-13/h8-11H,5-7,12H2,1-4H3. The summed E-state index contributed by atoms with van der Waals surface area (Å²) in [6.07, 6.45) is 0. The van der Waals surface area contributed by atoms with Crippen LogP contribution in [0.2, 0.25) is 0 Å². The Morgan fingerprint density at radius 1 is 1.04 bits per heavy atom. The Morgan fingerprint density at radius 3 is 2.17 bits per heavy atom. The van der Waals surface area contributed by atoms with Crippen molar-refractivity contribution in [2.45, 2.75) is 40.5 Å². The summed E-state index contributed by atoms with van der Waals surface area (Å²) >= 11 is 0. The highest BCUT2D eigenvalue weighted by atomic mass is 16.5. The monoisotopic (exact) mass is 332 g/mol. The van der Waals surface area contributed by atoms with Crippen molar-refractivity contribution in [2.24, 2.45) is 0 Å². The molecule has 0 aliphatic rings. The van der Waals surface area contributed by atoms with Crippen LogP contribution in [0.25, 0.3) is 0 Å². The van der Waals surface area contributed by atoms with Crippen molar-refractivity contribution in [1.82, 2.24) is 9.13 Å². The predicted molar refractivity (Wildman–Crippen MR) is 91.8 cm³/mol. The van der Waals surface area contributed by atoms with E-state index in [-0.39, 0.29) is 18.1 Å². The Labute approximate surface area is 141 Å². The lowest BCUT2D eigenvalue weighted by Gasteiger charge is -2.09. The maximum absolute atomic E-state index is 13.0. The summed E-state index contributed by atoms with van der Waals surface area (Å²) in [7, 11) is 1.58. The third-order valence-electron chi connectivity index (χ3n) is 3.97. The van der Waals surface area contributed by atoms with Crippen molar-refractivity contribution in [3.05, 3.63) is 51.7 Å². The molecule has 0 atom stereocenters. The number of hydrogen-bond acceptors (Lipinski definition) is 4. The molecule has 6 heteroatoms. The molecule has 2 aromatic rings. The fourth-order valence-corrected chi connectivity index (χ4v) is 2.74. The summed E-state index contributed by atoms with van der Waals surface area (Å²) in [6.45, 7) is 7.32. The average Bonchev–Trinajstić information content (AvgIpc) is 2.89. The fourth-order valence-electron chi connectivity index (χ4n) is 2.74. The van der Waals surface area contributed by atoms with Crippen LogP contribution >= 0.6 is 0 Å². The van der Waals surface area contributed by atoms with Crippen molar-refractivity contribution >= 4 is 5.78 Å². The summed E-state index contributed by atoms with van der Waals surface area (Å²) < 4.78 is 13.7. The highest BCUT2D eigenvalue weighted by Gasteiger charge is 2.24. The molecule has 0 spiro atoms. The third kappa shape index (κ3) is 3.28. The lowest BCUT2D eigenvalue weighted by molar-refractivity contribution is 0.101. The third-order valence-corrected chi connectivity index (χ3v) is 3.97. The smallest absolute Gasteiger partial charge is 0.329 e. The van der Waals surface area contributed by atoms with E-state index in [4.69, 9.17) is 9.47 Å². The molecule has 0 unspecified atom stereocenters. The number of benzene rings is 1. The van der Waals surface area contributed by atoms with Gasteiger partial charge in [0.05, 0.1) is 19.4 Å². The molecular formula is C18H24N2O4. The fraction of sp³-hybridized carbons (Fsp3) is 0.444. The zero-order valence-corrected chi connectivity index (χ0v) is 14.7. The molecule has 0 saturated heterocycles. The minimum absolute atomic E-state index is 0.174. The molecule has 2 rings (SSSR count). The average molecular weight is 332 g/mol. The zero-order valence-electron chi connectivity index (χ0n) is 14.7. The Hall–Kier alpha value is -2.34. The summed E-state index contributed by atoms with van der Waals surface area (Å²) in [4.78, 5) is 25.6.